The zero-order valence-corrected chi connectivity index (χ0v) is 5.31. The average molecular weight is 115 g/mol. The van der Waals surface area contributed by atoms with Gasteiger partial charge in [-0.3, -0.25) is 0 Å². The number of hydroxylamine groups is 1. The average Bonchev–Trinajstić information content (AvgIpc) is 2.19. The minimum Gasteiger partial charge on any atom is -0.301 e. The maximum absolute atomic E-state index is 4.96. The van der Waals surface area contributed by atoms with Crippen LogP contribution in [0.5, 0.6) is 0 Å². The largest absolute Gasteiger partial charge is 0.301 e. The fraction of sp³-hybridized carbons (Fsp3) is 1.00. The molecule has 1 aliphatic heterocycles. The predicted octanol–water partition coefficient (Wildman–Crippen LogP) is 1.08. The molecule has 1 heterocycles. The van der Waals surface area contributed by atoms with E-state index < -0.39 is 0 Å². The first-order chi connectivity index (χ1) is 3.93. The van der Waals surface area contributed by atoms with Crippen molar-refractivity contribution in [1.82, 2.24) is 5.48 Å². The van der Waals surface area contributed by atoms with E-state index in [2.05, 4.69) is 12.4 Å². The normalized spacial score (nSPS) is 28.9. The molecule has 1 N–H and O–H groups in total. The van der Waals surface area contributed by atoms with Gasteiger partial charge in [0, 0.05) is 6.04 Å². The van der Waals surface area contributed by atoms with Crippen LogP contribution in [0.2, 0.25) is 0 Å². The van der Waals surface area contributed by atoms with Crippen molar-refractivity contribution < 1.29 is 4.84 Å². The minimum atomic E-state index is 0.639. The van der Waals surface area contributed by atoms with Crippen LogP contribution in [0, 0.1) is 0 Å². The molecule has 1 atom stereocenters. The first-order valence-electron chi connectivity index (χ1n) is 3.31. The van der Waals surface area contributed by atoms with Crippen LogP contribution in [0.1, 0.15) is 26.2 Å². The third kappa shape index (κ3) is 1.46. The second-order valence-electron chi connectivity index (χ2n) is 2.24. The van der Waals surface area contributed by atoms with E-state index in [0.29, 0.717) is 6.04 Å². The summed E-state index contributed by atoms with van der Waals surface area (Å²) in [6.45, 7) is 3.09. The summed E-state index contributed by atoms with van der Waals surface area (Å²) in [6.07, 6.45) is 3.69. The lowest BCUT2D eigenvalue weighted by Gasteiger charge is -2.03. The highest BCUT2D eigenvalue weighted by Gasteiger charge is 2.12. The fourth-order valence-corrected chi connectivity index (χ4v) is 0.989. The van der Waals surface area contributed by atoms with Gasteiger partial charge < -0.3 is 4.84 Å². The van der Waals surface area contributed by atoms with E-state index >= 15 is 0 Å². The second-order valence-corrected chi connectivity index (χ2v) is 2.24. The van der Waals surface area contributed by atoms with Crippen LogP contribution in [-0.4, -0.2) is 12.6 Å². The SMILES string of the molecule is CCCC1CCON1. The van der Waals surface area contributed by atoms with Gasteiger partial charge >= 0.3 is 0 Å². The second kappa shape index (κ2) is 3.05. The molecule has 0 spiro atoms. The van der Waals surface area contributed by atoms with Crippen molar-refractivity contribution in [2.45, 2.75) is 32.2 Å². The van der Waals surface area contributed by atoms with E-state index in [1.807, 2.05) is 0 Å². The lowest BCUT2D eigenvalue weighted by Crippen LogP contribution is -2.19. The van der Waals surface area contributed by atoms with E-state index in [-0.39, 0.29) is 0 Å². The monoisotopic (exact) mass is 115 g/mol. The summed E-state index contributed by atoms with van der Waals surface area (Å²) < 4.78 is 0. The maximum atomic E-state index is 4.96. The molecule has 0 aliphatic carbocycles. The number of hydrogen-bond donors (Lipinski definition) is 1. The third-order valence-corrected chi connectivity index (χ3v) is 1.46. The standard InChI is InChI=1S/C6H13NO/c1-2-3-6-4-5-8-7-6/h6-7H,2-5H2,1H3. The molecule has 0 bridgehead atoms. The van der Waals surface area contributed by atoms with Gasteiger partial charge in [0.05, 0.1) is 6.61 Å². The molecule has 0 amide bonds. The van der Waals surface area contributed by atoms with E-state index in [9.17, 15) is 0 Å². The van der Waals surface area contributed by atoms with Crippen molar-refractivity contribution in [2.24, 2.45) is 0 Å². The van der Waals surface area contributed by atoms with Crippen molar-refractivity contribution >= 4 is 0 Å². The van der Waals surface area contributed by atoms with Crippen molar-refractivity contribution in [3.63, 3.8) is 0 Å². The van der Waals surface area contributed by atoms with Gasteiger partial charge in [0.15, 0.2) is 0 Å². The molecule has 0 radical (unpaired) electrons. The van der Waals surface area contributed by atoms with Gasteiger partial charge in [0.25, 0.3) is 0 Å². The zero-order valence-electron chi connectivity index (χ0n) is 5.31. The zero-order chi connectivity index (χ0) is 5.82. The third-order valence-electron chi connectivity index (χ3n) is 1.46. The summed E-state index contributed by atoms with van der Waals surface area (Å²) in [5, 5.41) is 0. The van der Waals surface area contributed by atoms with Crippen molar-refractivity contribution in [3.05, 3.63) is 0 Å². The molecule has 2 nitrogen and oxygen atoms in total. The van der Waals surface area contributed by atoms with Gasteiger partial charge in [-0.05, 0) is 12.8 Å². The molecular weight excluding hydrogens is 102 g/mol. The van der Waals surface area contributed by atoms with Crippen LogP contribution >= 0.6 is 0 Å². The Kier molecular flexibility index (Phi) is 2.30. The fourth-order valence-electron chi connectivity index (χ4n) is 0.989. The van der Waals surface area contributed by atoms with Gasteiger partial charge in [-0.15, -0.1) is 0 Å². The lowest BCUT2D eigenvalue weighted by molar-refractivity contribution is 0.0868. The highest BCUT2D eigenvalue weighted by atomic mass is 16.7. The predicted molar refractivity (Wildman–Crippen MR) is 32.4 cm³/mol. The van der Waals surface area contributed by atoms with Gasteiger partial charge in [0.2, 0.25) is 0 Å². The molecule has 0 saturated carbocycles. The van der Waals surface area contributed by atoms with Crippen LogP contribution in [0.25, 0.3) is 0 Å². The molecule has 1 fully saturated rings. The molecule has 1 rings (SSSR count). The van der Waals surface area contributed by atoms with Crippen molar-refractivity contribution in [2.75, 3.05) is 6.61 Å². The Morgan fingerprint density at radius 3 is 3.12 bits per heavy atom. The Hall–Kier alpha value is -0.0800. The summed E-state index contributed by atoms with van der Waals surface area (Å²) in [5.41, 5.74) is 2.96. The van der Waals surface area contributed by atoms with Gasteiger partial charge in [-0.1, -0.05) is 13.3 Å². The molecule has 2 heteroatoms. The summed E-state index contributed by atoms with van der Waals surface area (Å²) in [4.78, 5) is 4.96. The summed E-state index contributed by atoms with van der Waals surface area (Å²) in [7, 11) is 0. The smallest absolute Gasteiger partial charge is 0.0698 e. The van der Waals surface area contributed by atoms with Crippen molar-refractivity contribution in [3.8, 4) is 0 Å². The first-order valence-corrected chi connectivity index (χ1v) is 3.31. The highest BCUT2D eigenvalue weighted by molar-refractivity contribution is 4.64. The molecule has 0 aromatic heterocycles. The molecule has 48 valence electrons. The van der Waals surface area contributed by atoms with E-state index in [4.69, 9.17) is 4.84 Å². The Labute approximate surface area is 50.2 Å². The van der Waals surface area contributed by atoms with Crippen molar-refractivity contribution in [1.29, 1.82) is 0 Å². The Morgan fingerprint density at radius 1 is 1.75 bits per heavy atom. The quantitative estimate of drug-likeness (QED) is 0.581. The molecule has 0 aromatic carbocycles. The molecule has 0 aromatic rings. The summed E-state index contributed by atoms with van der Waals surface area (Å²) in [5.74, 6) is 0. The molecule has 1 unspecified atom stereocenters. The number of rotatable bonds is 2. The lowest BCUT2D eigenvalue weighted by atomic mass is 10.1. The molecule has 1 aliphatic rings. The van der Waals surface area contributed by atoms with E-state index in [1.165, 1.54) is 19.3 Å². The highest BCUT2D eigenvalue weighted by Crippen LogP contribution is 2.06. The van der Waals surface area contributed by atoms with Crippen LogP contribution in [-0.2, 0) is 4.84 Å². The topological polar surface area (TPSA) is 21.3 Å². The number of nitrogens with one attached hydrogen (secondary N) is 1. The summed E-state index contributed by atoms with van der Waals surface area (Å²) in [6, 6.07) is 0.639. The van der Waals surface area contributed by atoms with Gasteiger partial charge in [-0.25, -0.2) is 0 Å². The van der Waals surface area contributed by atoms with Gasteiger partial charge in [-0.2, -0.15) is 5.48 Å². The molecular formula is C6H13NO. The van der Waals surface area contributed by atoms with Crippen LogP contribution in [0.3, 0.4) is 0 Å². The maximum Gasteiger partial charge on any atom is 0.0698 e. The van der Waals surface area contributed by atoms with E-state index in [1.54, 1.807) is 0 Å². The summed E-state index contributed by atoms with van der Waals surface area (Å²) >= 11 is 0. The van der Waals surface area contributed by atoms with Crippen LogP contribution in [0.15, 0.2) is 0 Å². The molecule has 8 heavy (non-hydrogen) atoms. The Bertz CT molecular complexity index is 59.5. The van der Waals surface area contributed by atoms with Crippen LogP contribution in [0.4, 0.5) is 0 Å². The van der Waals surface area contributed by atoms with Crippen LogP contribution < -0.4 is 5.48 Å². The van der Waals surface area contributed by atoms with E-state index in [0.717, 1.165) is 6.61 Å². The Morgan fingerprint density at radius 2 is 2.62 bits per heavy atom. The van der Waals surface area contributed by atoms with Gasteiger partial charge in [0.1, 0.15) is 0 Å². The number of hydrogen-bond acceptors (Lipinski definition) is 2. The minimum absolute atomic E-state index is 0.639. The first kappa shape index (κ1) is 6.05. The Balaban J connectivity index is 2.06. The molecule has 1 saturated heterocycles.